The lowest BCUT2D eigenvalue weighted by atomic mass is 10.1. The fraction of sp³-hybridized carbons (Fsp3) is 0.450. The molecule has 0 saturated carbocycles. The van der Waals surface area contributed by atoms with Crippen LogP contribution in [0, 0.1) is 11.7 Å². The third-order valence-corrected chi connectivity index (χ3v) is 4.74. The maximum Gasteiger partial charge on any atom is 0.254 e. The maximum atomic E-state index is 14.5. The number of nitrogens with one attached hydrogen (secondary N) is 2. The van der Waals surface area contributed by atoms with Gasteiger partial charge in [-0.2, -0.15) is 0 Å². The number of piperazine rings is 1. The van der Waals surface area contributed by atoms with E-state index in [1.54, 1.807) is 17.2 Å². The van der Waals surface area contributed by atoms with Crippen LogP contribution in [0.15, 0.2) is 30.6 Å². The number of aryl methyl sites for hydroxylation is 1. The molecule has 1 fully saturated rings. The summed E-state index contributed by atoms with van der Waals surface area (Å²) in [5, 5.41) is 5.84. The zero-order valence-electron chi connectivity index (χ0n) is 16.8. The summed E-state index contributed by atoms with van der Waals surface area (Å²) in [6, 6.07) is 3.95. The lowest BCUT2D eigenvalue weighted by molar-refractivity contribution is -0.116. The van der Waals surface area contributed by atoms with Crippen molar-refractivity contribution in [1.82, 2.24) is 19.8 Å². The highest BCUT2D eigenvalue weighted by Crippen LogP contribution is 2.24. The van der Waals surface area contributed by atoms with Gasteiger partial charge in [0.15, 0.2) is 0 Å². The van der Waals surface area contributed by atoms with Crippen LogP contribution in [0.5, 0.6) is 0 Å². The first kappa shape index (κ1) is 22.8. The number of hydrogen-bond donors (Lipinski definition) is 2. The van der Waals surface area contributed by atoms with E-state index in [1.165, 1.54) is 12.1 Å². The molecule has 7 nitrogen and oxygen atoms in total. The van der Waals surface area contributed by atoms with Crippen LogP contribution < -0.4 is 10.6 Å². The molecule has 3 rings (SSSR count). The van der Waals surface area contributed by atoms with E-state index in [4.69, 9.17) is 0 Å². The molecule has 29 heavy (non-hydrogen) atoms. The molecule has 2 N–H and O–H groups in total. The molecule has 2 amide bonds. The van der Waals surface area contributed by atoms with Crippen molar-refractivity contribution in [1.29, 1.82) is 0 Å². The van der Waals surface area contributed by atoms with E-state index in [2.05, 4.69) is 15.6 Å². The average molecular weight is 424 g/mol. The van der Waals surface area contributed by atoms with E-state index >= 15 is 0 Å². The van der Waals surface area contributed by atoms with Crippen LogP contribution in [0.25, 0.3) is 0 Å². The van der Waals surface area contributed by atoms with Crippen LogP contribution in [0.1, 0.15) is 42.5 Å². The Morgan fingerprint density at radius 1 is 1.38 bits per heavy atom. The summed E-state index contributed by atoms with van der Waals surface area (Å²) in [5.41, 5.74) is 0.337. The number of nitrogens with zero attached hydrogens (tertiary/aromatic N) is 3. The van der Waals surface area contributed by atoms with Gasteiger partial charge in [-0.15, -0.1) is 12.4 Å². The second-order valence-corrected chi connectivity index (χ2v) is 7.46. The molecule has 1 aromatic heterocycles. The zero-order chi connectivity index (χ0) is 20.3. The van der Waals surface area contributed by atoms with Crippen molar-refractivity contribution in [3.05, 3.63) is 47.8 Å². The van der Waals surface area contributed by atoms with Gasteiger partial charge in [-0.3, -0.25) is 9.59 Å². The number of aromatic nitrogens is 2. The van der Waals surface area contributed by atoms with Gasteiger partial charge in [-0.1, -0.05) is 13.8 Å². The monoisotopic (exact) mass is 423 g/mol. The smallest absolute Gasteiger partial charge is 0.254 e. The van der Waals surface area contributed by atoms with E-state index in [9.17, 15) is 14.0 Å². The summed E-state index contributed by atoms with van der Waals surface area (Å²) < 4.78 is 16.4. The molecule has 2 aromatic rings. The van der Waals surface area contributed by atoms with Gasteiger partial charge in [0, 0.05) is 51.1 Å². The van der Waals surface area contributed by atoms with E-state index in [1.807, 2.05) is 31.7 Å². The molecular weight excluding hydrogens is 397 g/mol. The molecule has 9 heteroatoms. The lowest BCUT2D eigenvalue weighted by Gasteiger charge is -2.35. The molecule has 0 spiro atoms. The van der Waals surface area contributed by atoms with Crippen molar-refractivity contribution >= 4 is 29.9 Å². The fourth-order valence-corrected chi connectivity index (χ4v) is 3.36. The van der Waals surface area contributed by atoms with Crippen molar-refractivity contribution in [2.45, 2.75) is 26.3 Å². The number of hydrogen-bond acceptors (Lipinski definition) is 4. The van der Waals surface area contributed by atoms with Crippen molar-refractivity contribution in [3.63, 3.8) is 0 Å². The van der Waals surface area contributed by atoms with Crippen molar-refractivity contribution in [3.8, 4) is 0 Å². The topological polar surface area (TPSA) is 79.3 Å². The zero-order valence-corrected chi connectivity index (χ0v) is 17.6. The summed E-state index contributed by atoms with van der Waals surface area (Å²) in [6.45, 7) is 5.60. The normalized spacial score (nSPS) is 16.4. The largest absolute Gasteiger partial charge is 0.336 e. The van der Waals surface area contributed by atoms with Crippen molar-refractivity contribution in [2.24, 2.45) is 13.0 Å². The highest BCUT2D eigenvalue weighted by molar-refractivity contribution is 5.96. The summed E-state index contributed by atoms with van der Waals surface area (Å²) >= 11 is 0. The highest BCUT2D eigenvalue weighted by Gasteiger charge is 2.31. The SMILES string of the molecule is CC(C)CC(=O)Nc1ccc(C(=O)N2CCNCC2c2nccn2C)cc1F.Cl. The number of halogens is 2. The summed E-state index contributed by atoms with van der Waals surface area (Å²) in [5.74, 6) is -0.164. The fourth-order valence-electron chi connectivity index (χ4n) is 3.36. The number of benzene rings is 1. The Kier molecular flexibility index (Phi) is 7.75. The number of anilines is 1. The minimum Gasteiger partial charge on any atom is -0.336 e. The molecular formula is C20H27ClFN5O2. The van der Waals surface area contributed by atoms with E-state index in [-0.39, 0.29) is 47.4 Å². The number of rotatable bonds is 5. The first-order valence-electron chi connectivity index (χ1n) is 9.45. The molecule has 1 unspecified atom stereocenters. The van der Waals surface area contributed by atoms with Crippen LogP contribution in [0.2, 0.25) is 0 Å². The van der Waals surface area contributed by atoms with Crippen molar-refractivity contribution in [2.75, 3.05) is 25.0 Å². The number of carbonyl (C=O) groups excluding carboxylic acids is 2. The Labute approximate surface area is 176 Å². The van der Waals surface area contributed by atoms with E-state index < -0.39 is 5.82 Å². The van der Waals surface area contributed by atoms with Crippen LogP contribution in [0.4, 0.5) is 10.1 Å². The van der Waals surface area contributed by atoms with Crippen LogP contribution in [0.3, 0.4) is 0 Å². The quantitative estimate of drug-likeness (QED) is 0.775. The Morgan fingerprint density at radius 2 is 2.14 bits per heavy atom. The van der Waals surface area contributed by atoms with Crippen LogP contribution in [-0.4, -0.2) is 45.9 Å². The summed E-state index contributed by atoms with van der Waals surface area (Å²) in [7, 11) is 1.88. The van der Waals surface area contributed by atoms with Gasteiger partial charge in [0.2, 0.25) is 5.91 Å². The summed E-state index contributed by atoms with van der Waals surface area (Å²) in [6.07, 6.45) is 3.84. The van der Waals surface area contributed by atoms with Crippen LogP contribution >= 0.6 is 12.4 Å². The first-order chi connectivity index (χ1) is 13.4. The van der Waals surface area contributed by atoms with Gasteiger partial charge >= 0.3 is 0 Å². The Balaban J connectivity index is 0.00000300. The van der Waals surface area contributed by atoms with Crippen LogP contribution in [-0.2, 0) is 11.8 Å². The van der Waals surface area contributed by atoms with Crippen molar-refractivity contribution < 1.29 is 14.0 Å². The van der Waals surface area contributed by atoms with Gasteiger partial charge in [0.25, 0.3) is 5.91 Å². The Hall–Kier alpha value is -2.45. The predicted molar refractivity (Wildman–Crippen MR) is 112 cm³/mol. The molecule has 2 heterocycles. The number of imidazole rings is 1. The second-order valence-electron chi connectivity index (χ2n) is 7.46. The maximum absolute atomic E-state index is 14.5. The van der Waals surface area contributed by atoms with E-state index in [0.717, 1.165) is 5.82 Å². The molecule has 1 aromatic carbocycles. The van der Waals surface area contributed by atoms with E-state index in [0.29, 0.717) is 26.1 Å². The molecule has 0 aliphatic carbocycles. The van der Waals surface area contributed by atoms with Gasteiger partial charge in [-0.25, -0.2) is 9.37 Å². The molecule has 158 valence electrons. The minimum atomic E-state index is -0.619. The lowest BCUT2D eigenvalue weighted by Crippen LogP contribution is -2.49. The molecule has 1 atom stereocenters. The molecule has 0 bridgehead atoms. The standard InChI is InChI=1S/C20H26FN5O2.ClH/c1-13(2)10-18(27)24-16-5-4-14(11-15(16)21)20(28)26-9-6-22-12-17(26)19-23-7-8-25(19)3;/h4-5,7-8,11,13,17,22H,6,9-10,12H2,1-3H3,(H,24,27);1H. The molecule has 1 saturated heterocycles. The number of amides is 2. The van der Waals surface area contributed by atoms with Gasteiger partial charge < -0.3 is 20.1 Å². The number of carbonyl (C=O) groups is 2. The van der Waals surface area contributed by atoms with Gasteiger partial charge in [-0.05, 0) is 24.1 Å². The first-order valence-corrected chi connectivity index (χ1v) is 9.45. The van der Waals surface area contributed by atoms with Gasteiger partial charge in [0.1, 0.15) is 17.7 Å². The molecule has 0 radical (unpaired) electrons. The average Bonchev–Trinajstić information content (AvgIpc) is 3.08. The third kappa shape index (κ3) is 5.33. The summed E-state index contributed by atoms with van der Waals surface area (Å²) in [4.78, 5) is 31.0. The Bertz CT molecular complexity index is 870. The molecule has 1 aliphatic rings. The minimum absolute atomic E-state index is 0. The molecule has 1 aliphatic heterocycles. The van der Waals surface area contributed by atoms with Gasteiger partial charge in [0.05, 0.1) is 5.69 Å². The Morgan fingerprint density at radius 3 is 2.76 bits per heavy atom. The highest BCUT2D eigenvalue weighted by atomic mass is 35.5. The second kappa shape index (κ2) is 9.84. The third-order valence-electron chi connectivity index (χ3n) is 4.74. The predicted octanol–water partition coefficient (Wildman–Crippen LogP) is 2.75.